The molecule has 1 aromatic heterocycles. The van der Waals surface area contributed by atoms with Gasteiger partial charge in [0.1, 0.15) is 11.8 Å². The van der Waals surface area contributed by atoms with Gasteiger partial charge in [0, 0.05) is 6.20 Å². The molecule has 11 heavy (non-hydrogen) atoms. The fourth-order valence-electron chi connectivity index (χ4n) is 0.927. The molecule has 0 bridgehead atoms. The third kappa shape index (κ3) is 2.05. The lowest BCUT2D eigenvalue weighted by Crippen LogP contribution is -1.86. The number of nitriles is 1. The van der Waals surface area contributed by atoms with Crippen LogP contribution in [0.1, 0.15) is 24.6 Å². The number of rotatable bonds is 2. The van der Waals surface area contributed by atoms with E-state index in [1.165, 1.54) is 5.56 Å². The van der Waals surface area contributed by atoms with Gasteiger partial charge >= 0.3 is 0 Å². The maximum absolute atomic E-state index is 8.45. The fraction of sp³-hybridized carbons (Fsp3) is 0.333. The van der Waals surface area contributed by atoms with Crippen molar-refractivity contribution < 1.29 is 0 Å². The zero-order valence-corrected chi connectivity index (χ0v) is 6.54. The summed E-state index contributed by atoms with van der Waals surface area (Å²) in [6, 6.07) is 5.69. The van der Waals surface area contributed by atoms with Gasteiger partial charge in [0.25, 0.3) is 0 Å². The first-order chi connectivity index (χ1) is 5.36. The van der Waals surface area contributed by atoms with Crippen LogP contribution in [0.15, 0.2) is 18.3 Å². The highest BCUT2D eigenvalue weighted by molar-refractivity contribution is 5.22. The smallest absolute Gasteiger partial charge is 0.140 e. The average Bonchev–Trinajstić information content (AvgIpc) is 2.07. The second kappa shape index (κ2) is 3.72. The number of hydrogen-bond donors (Lipinski definition) is 0. The van der Waals surface area contributed by atoms with E-state index in [0.717, 1.165) is 12.8 Å². The van der Waals surface area contributed by atoms with Gasteiger partial charge in [-0.1, -0.05) is 19.4 Å². The number of aryl methyl sites for hydroxylation is 1. The summed E-state index contributed by atoms with van der Waals surface area (Å²) in [5.74, 6) is 0. The van der Waals surface area contributed by atoms with E-state index in [4.69, 9.17) is 5.26 Å². The predicted octanol–water partition coefficient (Wildman–Crippen LogP) is 1.91. The molecule has 0 spiro atoms. The molecule has 0 amide bonds. The Morgan fingerprint density at radius 2 is 2.36 bits per heavy atom. The third-order valence-electron chi connectivity index (χ3n) is 1.48. The van der Waals surface area contributed by atoms with Crippen LogP contribution in [-0.4, -0.2) is 4.98 Å². The minimum atomic E-state index is 0.491. The van der Waals surface area contributed by atoms with Crippen molar-refractivity contribution in [2.24, 2.45) is 0 Å². The first-order valence-electron chi connectivity index (χ1n) is 3.72. The minimum Gasteiger partial charge on any atom is -0.245 e. The Morgan fingerprint density at radius 3 is 2.82 bits per heavy atom. The first kappa shape index (κ1) is 7.74. The van der Waals surface area contributed by atoms with Gasteiger partial charge in [-0.3, -0.25) is 0 Å². The summed E-state index contributed by atoms with van der Waals surface area (Å²) in [6.45, 7) is 2.12. The van der Waals surface area contributed by atoms with Crippen LogP contribution in [0.2, 0.25) is 0 Å². The zero-order chi connectivity index (χ0) is 8.10. The highest BCUT2D eigenvalue weighted by atomic mass is 14.7. The molecule has 0 radical (unpaired) electrons. The summed E-state index contributed by atoms with van der Waals surface area (Å²) in [5.41, 5.74) is 1.69. The van der Waals surface area contributed by atoms with Crippen molar-refractivity contribution in [2.75, 3.05) is 0 Å². The largest absolute Gasteiger partial charge is 0.245 e. The van der Waals surface area contributed by atoms with Gasteiger partial charge in [0.05, 0.1) is 0 Å². The van der Waals surface area contributed by atoms with Crippen molar-refractivity contribution in [3.05, 3.63) is 29.6 Å². The number of nitrogens with zero attached hydrogens (tertiary/aromatic N) is 2. The van der Waals surface area contributed by atoms with Gasteiger partial charge in [0.15, 0.2) is 0 Å². The van der Waals surface area contributed by atoms with Crippen molar-refractivity contribution in [3.8, 4) is 6.07 Å². The molecule has 1 rings (SSSR count). The maximum atomic E-state index is 8.45. The lowest BCUT2D eigenvalue weighted by Gasteiger charge is -1.95. The van der Waals surface area contributed by atoms with Crippen molar-refractivity contribution >= 4 is 0 Å². The van der Waals surface area contributed by atoms with Crippen LogP contribution in [0.5, 0.6) is 0 Å². The topological polar surface area (TPSA) is 36.7 Å². The first-order valence-corrected chi connectivity index (χ1v) is 3.72. The predicted molar refractivity (Wildman–Crippen MR) is 42.9 cm³/mol. The van der Waals surface area contributed by atoms with Gasteiger partial charge in [-0.25, -0.2) is 4.98 Å². The summed E-state index contributed by atoms with van der Waals surface area (Å²) in [5, 5.41) is 8.45. The summed E-state index contributed by atoms with van der Waals surface area (Å²) in [4.78, 5) is 3.95. The summed E-state index contributed by atoms with van der Waals surface area (Å²) < 4.78 is 0. The standard InChI is InChI=1S/C9H10N2/c1-2-3-8-4-5-9(6-10)11-7-8/h4-5,7H,2-3H2,1H3. The van der Waals surface area contributed by atoms with Crippen LogP contribution in [0, 0.1) is 11.3 Å². The van der Waals surface area contributed by atoms with E-state index in [2.05, 4.69) is 11.9 Å². The van der Waals surface area contributed by atoms with Gasteiger partial charge in [-0.15, -0.1) is 0 Å². The van der Waals surface area contributed by atoms with E-state index < -0.39 is 0 Å². The van der Waals surface area contributed by atoms with E-state index in [1.807, 2.05) is 12.1 Å². The van der Waals surface area contributed by atoms with E-state index >= 15 is 0 Å². The molecule has 0 saturated heterocycles. The normalized spacial score (nSPS) is 9.09. The molecule has 0 saturated carbocycles. The molecule has 0 atom stereocenters. The average molecular weight is 146 g/mol. The molecular weight excluding hydrogens is 136 g/mol. The van der Waals surface area contributed by atoms with Crippen LogP contribution >= 0.6 is 0 Å². The fourth-order valence-corrected chi connectivity index (χ4v) is 0.927. The number of aromatic nitrogens is 1. The zero-order valence-electron chi connectivity index (χ0n) is 6.54. The van der Waals surface area contributed by atoms with E-state index in [9.17, 15) is 0 Å². The number of hydrogen-bond acceptors (Lipinski definition) is 2. The van der Waals surface area contributed by atoms with Crippen molar-refractivity contribution in [3.63, 3.8) is 0 Å². The molecule has 2 nitrogen and oxygen atoms in total. The molecule has 1 aromatic rings. The Morgan fingerprint density at radius 1 is 1.55 bits per heavy atom. The second-order valence-electron chi connectivity index (χ2n) is 2.41. The minimum absolute atomic E-state index is 0.491. The Balaban J connectivity index is 2.76. The summed E-state index contributed by atoms with van der Waals surface area (Å²) in [6.07, 6.45) is 3.92. The van der Waals surface area contributed by atoms with Crippen LogP contribution in [0.3, 0.4) is 0 Å². The van der Waals surface area contributed by atoms with Gasteiger partial charge in [-0.05, 0) is 18.1 Å². The Hall–Kier alpha value is -1.36. The Kier molecular flexibility index (Phi) is 2.62. The highest BCUT2D eigenvalue weighted by Gasteiger charge is 1.92. The third-order valence-corrected chi connectivity index (χ3v) is 1.48. The summed E-state index contributed by atoms with van der Waals surface area (Å²) >= 11 is 0. The van der Waals surface area contributed by atoms with Crippen LogP contribution < -0.4 is 0 Å². The molecule has 0 fully saturated rings. The molecule has 0 N–H and O–H groups in total. The van der Waals surface area contributed by atoms with E-state index in [-0.39, 0.29) is 0 Å². The summed E-state index contributed by atoms with van der Waals surface area (Å²) in [7, 11) is 0. The Bertz CT molecular complexity index is 256. The van der Waals surface area contributed by atoms with Crippen molar-refractivity contribution in [1.29, 1.82) is 5.26 Å². The monoisotopic (exact) mass is 146 g/mol. The SMILES string of the molecule is CCCc1ccc(C#N)nc1. The molecule has 0 unspecified atom stereocenters. The van der Waals surface area contributed by atoms with Gasteiger partial charge in [-0.2, -0.15) is 5.26 Å². The molecule has 0 aromatic carbocycles. The lowest BCUT2D eigenvalue weighted by molar-refractivity contribution is 0.912. The molecule has 2 heteroatoms. The molecule has 0 aliphatic heterocycles. The van der Waals surface area contributed by atoms with E-state index in [1.54, 1.807) is 12.3 Å². The van der Waals surface area contributed by atoms with Crippen molar-refractivity contribution in [1.82, 2.24) is 4.98 Å². The van der Waals surface area contributed by atoms with Crippen LogP contribution in [0.4, 0.5) is 0 Å². The van der Waals surface area contributed by atoms with Crippen molar-refractivity contribution in [2.45, 2.75) is 19.8 Å². The quantitative estimate of drug-likeness (QED) is 0.639. The Labute approximate surface area is 66.5 Å². The van der Waals surface area contributed by atoms with Crippen LogP contribution in [0.25, 0.3) is 0 Å². The molecule has 1 heterocycles. The number of pyridine rings is 1. The molecule has 0 aliphatic rings. The van der Waals surface area contributed by atoms with Crippen LogP contribution in [-0.2, 0) is 6.42 Å². The molecular formula is C9H10N2. The maximum Gasteiger partial charge on any atom is 0.140 e. The van der Waals surface area contributed by atoms with Gasteiger partial charge < -0.3 is 0 Å². The lowest BCUT2D eigenvalue weighted by atomic mass is 10.2. The van der Waals surface area contributed by atoms with E-state index in [0.29, 0.717) is 5.69 Å². The molecule has 56 valence electrons. The highest BCUT2D eigenvalue weighted by Crippen LogP contribution is 2.01. The molecule has 0 aliphatic carbocycles. The van der Waals surface area contributed by atoms with Gasteiger partial charge in [0.2, 0.25) is 0 Å². The second-order valence-corrected chi connectivity index (χ2v) is 2.41.